The molecule has 6 heteroatoms. The minimum Gasteiger partial charge on any atom is -0.333 e. The molecule has 1 amide bonds. The molecule has 0 saturated heterocycles. The first-order valence-corrected chi connectivity index (χ1v) is 11.3. The Bertz CT molecular complexity index is 918. The molecule has 158 valence electrons. The van der Waals surface area contributed by atoms with Crippen LogP contribution in [-0.4, -0.2) is 26.9 Å². The lowest BCUT2D eigenvalue weighted by atomic mass is 10.0. The van der Waals surface area contributed by atoms with Gasteiger partial charge in [0.25, 0.3) is 5.56 Å². The van der Waals surface area contributed by atoms with Gasteiger partial charge in [-0.1, -0.05) is 44.2 Å². The maximum atomic E-state index is 13.1. The Balaban J connectivity index is 1.91. The van der Waals surface area contributed by atoms with E-state index < -0.39 is 0 Å². The fraction of sp³-hybridized carbons (Fsp3) is 0.609. The number of aromatic nitrogens is 2. The predicted molar refractivity (Wildman–Crippen MR) is 118 cm³/mol. The second-order valence-corrected chi connectivity index (χ2v) is 8.57. The van der Waals surface area contributed by atoms with Gasteiger partial charge in [0.2, 0.25) is 5.91 Å². The minimum atomic E-state index is -0.251. The van der Waals surface area contributed by atoms with Gasteiger partial charge < -0.3 is 4.90 Å². The molecule has 0 bridgehead atoms. The Morgan fingerprint density at radius 3 is 2.69 bits per heavy atom. The average molecular weight is 418 g/mol. The normalized spacial score (nSPS) is 15.7. The van der Waals surface area contributed by atoms with Crippen LogP contribution in [-0.2, 0) is 11.3 Å². The Kier molecular flexibility index (Phi) is 7.33. The van der Waals surface area contributed by atoms with Crippen molar-refractivity contribution in [3.8, 4) is 0 Å². The Hall–Kier alpha value is -1.88. The van der Waals surface area contributed by atoms with E-state index in [0.29, 0.717) is 47.2 Å². The van der Waals surface area contributed by atoms with E-state index in [0.717, 1.165) is 12.8 Å². The molecule has 29 heavy (non-hydrogen) atoms. The molecule has 1 unspecified atom stereocenters. The number of hydrogen-bond donors (Lipinski definition) is 0. The van der Waals surface area contributed by atoms with E-state index >= 15 is 0 Å². The summed E-state index contributed by atoms with van der Waals surface area (Å²) in [6.45, 7) is 7.17. The van der Waals surface area contributed by atoms with Crippen molar-refractivity contribution in [3.05, 3.63) is 39.4 Å². The molecule has 0 radical (unpaired) electrons. The van der Waals surface area contributed by atoms with Crippen molar-refractivity contribution in [1.82, 2.24) is 14.5 Å². The molecule has 0 aliphatic heterocycles. The molecular formula is C23H32ClN3O2. The van der Waals surface area contributed by atoms with Crippen molar-refractivity contribution in [2.75, 3.05) is 6.54 Å². The van der Waals surface area contributed by atoms with E-state index in [9.17, 15) is 9.59 Å². The molecule has 1 fully saturated rings. The number of fused-ring (bicyclic) bond motifs is 1. The van der Waals surface area contributed by atoms with Crippen molar-refractivity contribution in [2.24, 2.45) is 5.92 Å². The highest BCUT2D eigenvalue weighted by atomic mass is 35.5. The smallest absolute Gasteiger partial charge is 0.261 e. The summed E-state index contributed by atoms with van der Waals surface area (Å²) in [5.74, 6) is 1.50. The van der Waals surface area contributed by atoms with Crippen LogP contribution in [0.1, 0.15) is 77.6 Å². The number of benzene rings is 1. The van der Waals surface area contributed by atoms with E-state index in [-0.39, 0.29) is 17.5 Å². The Labute approximate surface area is 178 Å². The van der Waals surface area contributed by atoms with E-state index in [4.69, 9.17) is 16.6 Å². The lowest BCUT2D eigenvalue weighted by molar-refractivity contribution is -0.134. The molecule has 0 spiro atoms. The fourth-order valence-corrected chi connectivity index (χ4v) is 4.69. The summed E-state index contributed by atoms with van der Waals surface area (Å²) in [6, 6.07) is 4.95. The summed E-state index contributed by atoms with van der Waals surface area (Å²) < 4.78 is 1.68. The van der Waals surface area contributed by atoms with Gasteiger partial charge in [0.15, 0.2) is 0 Å². The quantitative estimate of drug-likeness (QED) is 0.582. The average Bonchev–Trinajstić information content (AvgIpc) is 3.23. The highest BCUT2D eigenvalue weighted by molar-refractivity contribution is 6.31. The van der Waals surface area contributed by atoms with Gasteiger partial charge in [0.05, 0.1) is 16.9 Å². The first-order valence-electron chi connectivity index (χ1n) is 11.0. The van der Waals surface area contributed by atoms with Crippen molar-refractivity contribution >= 4 is 28.4 Å². The van der Waals surface area contributed by atoms with E-state index in [1.54, 1.807) is 22.8 Å². The fourth-order valence-electron chi connectivity index (χ4n) is 4.52. The van der Waals surface area contributed by atoms with E-state index in [1.165, 1.54) is 25.7 Å². The van der Waals surface area contributed by atoms with Gasteiger partial charge in [0, 0.05) is 24.5 Å². The van der Waals surface area contributed by atoms with Crippen LogP contribution in [0.3, 0.4) is 0 Å². The molecule has 0 N–H and O–H groups in total. The van der Waals surface area contributed by atoms with Crippen molar-refractivity contribution in [1.29, 1.82) is 0 Å². The zero-order valence-corrected chi connectivity index (χ0v) is 18.5. The van der Waals surface area contributed by atoms with Crippen molar-refractivity contribution in [2.45, 2.75) is 78.3 Å². The standard InChI is InChI=1S/C23H32ClN3O2/c1-4-14-27(21(28)13-10-17-8-6-7-9-17)16(3)22-25-20-12-11-18(24)15-19(20)23(29)26(22)5-2/h11-12,15-17H,4-10,13-14H2,1-3H3. The lowest BCUT2D eigenvalue weighted by Gasteiger charge is -2.30. The second kappa shape index (κ2) is 9.75. The molecule has 1 heterocycles. The first kappa shape index (κ1) is 21.8. The molecule has 1 aliphatic rings. The lowest BCUT2D eigenvalue weighted by Crippen LogP contribution is -2.38. The zero-order chi connectivity index (χ0) is 21.0. The Morgan fingerprint density at radius 2 is 2.03 bits per heavy atom. The number of rotatable bonds is 8. The van der Waals surface area contributed by atoms with Gasteiger partial charge in [0.1, 0.15) is 5.82 Å². The molecule has 1 aliphatic carbocycles. The molecule has 1 aromatic carbocycles. The van der Waals surface area contributed by atoms with Crippen molar-refractivity contribution in [3.63, 3.8) is 0 Å². The number of halogens is 1. The second-order valence-electron chi connectivity index (χ2n) is 8.13. The van der Waals surface area contributed by atoms with E-state index in [1.807, 2.05) is 18.7 Å². The third-order valence-corrected chi connectivity index (χ3v) is 6.36. The largest absolute Gasteiger partial charge is 0.333 e. The zero-order valence-electron chi connectivity index (χ0n) is 17.8. The molecule has 1 aromatic heterocycles. The highest BCUT2D eigenvalue weighted by Gasteiger charge is 2.26. The summed E-state index contributed by atoms with van der Waals surface area (Å²) in [4.78, 5) is 32.8. The number of amides is 1. The highest BCUT2D eigenvalue weighted by Crippen LogP contribution is 2.30. The van der Waals surface area contributed by atoms with Crippen LogP contribution >= 0.6 is 11.6 Å². The number of carbonyl (C=O) groups is 1. The number of carbonyl (C=O) groups excluding carboxylic acids is 1. The summed E-state index contributed by atoms with van der Waals surface area (Å²) in [7, 11) is 0. The van der Waals surface area contributed by atoms with Crippen LogP contribution in [0.2, 0.25) is 5.02 Å². The van der Waals surface area contributed by atoms with Crippen LogP contribution < -0.4 is 5.56 Å². The van der Waals surface area contributed by atoms with Gasteiger partial charge in [-0.2, -0.15) is 0 Å². The predicted octanol–water partition coefficient (Wildman–Crippen LogP) is 5.34. The van der Waals surface area contributed by atoms with Gasteiger partial charge in [-0.3, -0.25) is 14.2 Å². The minimum absolute atomic E-state index is 0.100. The van der Waals surface area contributed by atoms with Gasteiger partial charge >= 0.3 is 0 Å². The molecule has 2 aromatic rings. The summed E-state index contributed by atoms with van der Waals surface area (Å²) in [5.41, 5.74) is 0.525. The van der Waals surface area contributed by atoms with Gasteiger partial charge in [-0.25, -0.2) is 4.98 Å². The topological polar surface area (TPSA) is 55.2 Å². The number of hydrogen-bond acceptors (Lipinski definition) is 3. The molecule has 1 saturated carbocycles. The summed E-state index contributed by atoms with van der Waals surface area (Å²) in [5, 5.41) is 1.04. The molecular weight excluding hydrogens is 386 g/mol. The van der Waals surface area contributed by atoms with E-state index in [2.05, 4.69) is 6.92 Å². The van der Waals surface area contributed by atoms with Crippen LogP contribution in [0.25, 0.3) is 10.9 Å². The molecule has 5 nitrogen and oxygen atoms in total. The van der Waals surface area contributed by atoms with Crippen LogP contribution in [0.4, 0.5) is 0 Å². The third-order valence-electron chi connectivity index (χ3n) is 6.13. The van der Waals surface area contributed by atoms with Crippen LogP contribution in [0.5, 0.6) is 0 Å². The SMILES string of the molecule is CCCN(C(=O)CCC1CCCC1)C(C)c1nc2ccc(Cl)cc2c(=O)n1CC. The van der Waals surface area contributed by atoms with Gasteiger partial charge in [-0.15, -0.1) is 0 Å². The third kappa shape index (κ3) is 4.82. The molecule has 1 atom stereocenters. The van der Waals surface area contributed by atoms with Crippen molar-refractivity contribution < 1.29 is 4.79 Å². The molecule has 3 rings (SSSR count). The van der Waals surface area contributed by atoms with Crippen LogP contribution in [0.15, 0.2) is 23.0 Å². The summed E-state index contributed by atoms with van der Waals surface area (Å²) >= 11 is 6.08. The first-order chi connectivity index (χ1) is 14.0. The maximum absolute atomic E-state index is 13.1. The van der Waals surface area contributed by atoms with Crippen LogP contribution in [0, 0.1) is 5.92 Å². The summed E-state index contributed by atoms with van der Waals surface area (Å²) in [6.07, 6.45) is 7.51. The number of nitrogens with zero attached hydrogens (tertiary/aromatic N) is 3. The Morgan fingerprint density at radius 1 is 1.31 bits per heavy atom. The van der Waals surface area contributed by atoms with Gasteiger partial charge in [-0.05, 0) is 50.8 Å². The monoisotopic (exact) mass is 417 g/mol. The maximum Gasteiger partial charge on any atom is 0.261 e.